The van der Waals surface area contributed by atoms with Crippen molar-refractivity contribution < 1.29 is 69.0 Å². The van der Waals surface area contributed by atoms with Gasteiger partial charge in [0.2, 0.25) is 5.75 Å². The Labute approximate surface area is 243 Å². The summed E-state index contributed by atoms with van der Waals surface area (Å²) < 4.78 is 34.0. The van der Waals surface area contributed by atoms with Crippen molar-refractivity contribution in [1.82, 2.24) is 0 Å². The molecule has 2 aromatic carbocycles. The van der Waals surface area contributed by atoms with E-state index in [1.165, 1.54) is 38.5 Å². The molecule has 0 radical (unpaired) electrons. The minimum Gasteiger partial charge on any atom is -0.508 e. The summed E-state index contributed by atoms with van der Waals surface area (Å²) in [6, 6.07) is 6.90. The van der Waals surface area contributed by atoms with Gasteiger partial charge in [-0.2, -0.15) is 0 Å². The predicted octanol–water partition coefficient (Wildman–Crippen LogP) is -1.13. The molecule has 43 heavy (non-hydrogen) atoms. The molecule has 2 aliphatic rings. The van der Waals surface area contributed by atoms with Gasteiger partial charge in [0.15, 0.2) is 23.1 Å². The van der Waals surface area contributed by atoms with Gasteiger partial charge in [0.25, 0.3) is 0 Å². The van der Waals surface area contributed by atoms with E-state index in [1.54, 1.807) is 0 Å². The van der Waals surface area contributed by atoms with Crippen LogP contribution in [0.3, 0.4) is 0 Å². The first-order valence-electron chi connectivity index (χ1n) is 13.1. The largest absolute Gasteiger partial charge is 0.508 e. The Hall–Kier alpha value is -3.51. The van der Waals surface area contributed by atoms with Crippen LogP contribution in [0.15, 0.2) is 39.5 Å². The highest BCUT2D eigenvalue weighted by Crippen LogP contribution is 2.51. The first-order valence-corrected chi connectivity index (χ1v) is 13.1. The summed E-state index contributed by atoms with van der Waals surface area (Å²) in [4.78, 5) is 13.4. The Morgan fingerprint density at radius 3 is 2.26 bits per heavy atom. The van der Waals surface area contributed by atoms with Crippen molar-refractivity contribution in [2.24, 2.45) is 0 Å². The third-order valence-corrected chi connectivity index (χ3v) is 7.68. The highest BCUT2D eigenvalue weighted by molar-refractivity contribution is 5.94. The zero-order valence-electron chi connectivity index (χ0n) is 23.0. The molecule has 234 valence electrons. The van der Waals surface area contributed by atoms with Crippen LogP contribution in [0.2, 0.25) is 0 Å². The van der Waals surface area contributed by atoms with Gasteiger partial charge in [0, 0.05) is 11.6 Å². The van der Waals surface area contributed by atoms with Gasteiger partial charge >= 0.3 is 0 Å². The number of phenolic OH excluding ortho intramolecular Hbond substituents is 2. The number of benzene rings is 2. The smallest absolute Gasteiger partial charge is 0.205 e. The van der Waals surface area contributed by atoms with Crippen LogP contribution in [-0.4, -0.2) is 117 Å². The van der Waals surface area contributed by atoms with Gasteiger partial charge in [-0.15, -0.1) is 0 Å². The van der Waals surface area contributed by atoms with Crippen molar-refractivity contribution in [3.63, 3.8) is 0 Å². The summed E-state index contributed by atoms with van der Waals surface area (Å²) in [5.41, 5.74) is -2.90. The van der Waals surface area contributed by atoms with E-state index >= 15 is 0 Å². The lowest BCUT2D eigenvalue weighted by Gasteiger charge is -2.43. The highest BCUT2D eigenvalue weighted by atomic mass is 16.7. The average molecular weight is 609 g/mol. The van der Waals surface area contributed by atoms with Crippen LogP contribution in [-0.2, 0) is 14.2 Å². The molecule has 5 rings (SSSR count). The van der Waals surface area contributed by atoms with Crippen LogP contribution < -0.4 is 14.9 Å². The van der Waals surface area contributed by atoms with E-state index in [-0.39, 0.29) is 39.5 Å². The van der Waals surface area contributed by atoms with E-state index in [0.717, 1.165) is 6.07 Å². The number of aliphatic hydroxyl groups is 6. The Morgan fingerprint density at radius 1 is 1.00 bits per heavy atom. The Morgan fingerprint density at radius 2 is 1.67 bits per heavy atom. The van der Waals surface area contributed by atoms with Gasteiger partial charge in [0.05, 0.1) is 39.6 Å². The highest BCUT2D eigenvalue weighted by Gasteiger charge is 2.54. The second-order valence-corrected chi connectivity index (χ2v) is 10.3. The number of rotatable bonds is 8. The average Bonchev–Trinajstić information content (AvgIpc) is 3.28. The van der Waals surface area contributed by atoms with E-state index < -0.39 is 79.5 Å². The molecular weight excluding hydrogens is 576 g/mol. The Balaban J connectivity index is 1.69. The number of aliphatic hydroxyl groups excluding tert-OH is 5. The number of hydrogen-bond acceptors (Lipinski definition) is 15. The molecule has 0 spiro atoms. The van der Waals surface area contributed by atoms with Gasteiger partial charge in [-0.25, -0.2) is 0 Å². The molecule has 3 aromatic rings. The number of aromatic hydroxyl groups is 2. The summed E-state index contributed by atoms with van der Waals surface area (Å²) in [5.74, 6) is -1.06. The van der Waals surface area contributed by atoms with Gasteiger partial charge in [-0.3, -0.25) is 4.79 Å². The molecule has 0 amide bonds. The maximum atomic E-state index is 13.4. The topological polar surface area (TPSA) is 238 Å². The molecule has 0 aliphatic carbocycles. The van der Waals surface area contributed by atoms with Crippen molar-refractivity contribution in [1.29, 1.82) is 0 Å². The summed E-state index contributed by atoms with van der Waals surface area (Å²) in [7, 11) is 2.46. The zero-order chi connectivity index (χ0) is 31.2. The van der Waals surface area contributed by atoms with Crippen LogP contribution in [0, 0.1) is 0 Å². The van der Waals surface area contributed by atoms with Crippen molar-refractivity contribution in [3.8, 4) is 34.3 Å². The van der Waals surface area contributed by atoms with Crippen LogP contribution in [0.5, 0.6) is 23.0 Å². The monoisotopic (exact) mass is 608 g/mol. The van der Waals surface area contributed by atoms with Crippen LogP contribution in [0.4, 0.5) is 0 Å². The lowest BCUT2D eigenvalue weighted by molar-refractivity contribution is -0.287. The number of ether oxygens (including phenoxy) is 5. The van der Waals surface area contributed by atoms with Crippen LogP contribution in [0.25, 0.3) is 22.3 Å². The van der Waals surface area contributed by atoms with E-state index in [2.05, 4.69) is 0 Å². The van der Waals surface area contributed by atoms with E-state index in [0.29, 0.717) is 5.56 Å². The lowest BCUT2D eigenvalue weighted by atomic mass is 9.89. The molecule has 2 fully saturated rings. The zero-order valence-corrected chi connectivity index (χ0v) is 23.0. The normalized spacial score (nSPS) is 30.9. The Kier molecular flexibility index (Phi) is 8.54. The number of fused-ring (bicyclic) bond motifs is 1. The van der Waals surface area contributed by atoms with Gasteiger partial charge in [0.1, 0.15) is 64.9 Å². The van der Waals surface area contributed by atoms with E-state index in [4.69, 9.17) is 28.1 Å². The summed E-state index contributed by atoms with van der Waals surface area (Å²) >= 11 is 0. The molecule has 1 aromatic heterocycles. The first-order chi connectivity index (χ1) is 20.5. The molecule has 2 aliphatic heterocycles. The molecular formula is C28H32O15. The quantitative estimate of drug-likeness (QED) is 0.151. The second kappa shape index (κ2) is 11.9. The maximum absolute atomic E-state index is 13.4. The molecule has 3 heterocycles. The molecule has 0 unspecified atom stereocenters. The molecule has 2 saturated heterocycles. The third-order valence-electron chi connectivity index (χ3n) is 7.68. The standard InChI is InChI=1S/C28H32O15/c1-38-21-17(19(34)16-13(32)7-14(41-22(16)25(21)39-2)11-3-5-12(31)6-4-11)23-24(20(35)18(33)15(8-29)42-23)43-27-26(36)28(37,9-30)10-40-27/h3-7,15,18,20,23-24,26-27,29-31,33-37H,8-10H2,1-2H3/t15-,18+,20+,23+,24-,26-,27+,28+/m1/s1. The summed E-state index contributed by atoms with van der Waals surface area (Å²) in [6.07, 6.45) is -11.7. The first kappa shape index (κ1) is 30.9. The fourth-order valence-corrected chi connectivity index (χ4v) is 5.30. The number of hydrogen-bond donors (Lipinski definition) is 8. The van der Waals surface area contributed by atoms with E-state index in [1.807, 2.05) is 0 Å². The summed E-state index contributed by atoms with van der Waals surface area (Å²) in [5, 5.41) is 82.8. The minimum atomic E-state index is -2.09. The van der Waals surface area contributed by atoms with Crippen molar-refractivity contribution in [2.75, 3.05) is 34.0 Å². The van der Waals surface area contributed by atoms with Gasteiger partial charge < -0.3 is 69.0 Å². The number of methoxy groups -OCH3 is 2. The van der Waals surface area contributed by atoms with E-state index in [9.17, 15) is 45.6 Å². The molecule has 8 atom stereocenters. The minimum absolute atomic E-state index is 0.0114. The van der Waals surface area contributed by atoms with Crippen molar-refractivity contribution in [3.05, 3.63) is 46.1 Å². The fraction of sp³-hybridized carbons (Fsp3) is 0.464. The van der Waals surface area contributed by atoms with Crippen molar-refractivity contribution in [2.45, 2.75) is 48.5 Å². The van der Waals surface area contributed by atoms with Crippen LogP contribution in [0.1, 0.15) is 11.7 Å². The second-order valence-electron chi connectivity index (χ2n) is 10.3. The van der Waals surface area contributed by atoms with Crippen molar-refractivity contribution >= 4 is 11.0 Å². The molecule has 15 nitrogen and oxygen atoms in total. The third kappa shape index (κ3) is 5.18. The van der Waals surface area contributed by atoms with Gasteiger partial charge in [-0.1, -0.05) is 0 Å². The van der Waals surface area contributed by atoms with Gasteiger partial charge in [-0.05, 0) is 24.3 Å². The fourth-order valence-electron chi connectivity index (χ4n) is 5.30. The molecule has 15 heteroatoms. The lowest BCUT2D eigenvalue weighted by Crippen LogP contribution is -2.58. The maximum Gasteiger partial charge on any atom is 0.205 e. The SMILES string of the molecule is COc1c([C@@H]2O[C@H](CO)[C@H](O)[C@H](O)[C@H]2O[C@@H]2OC[C@@](O)(CO)[C@@H]2O)c(O)c2c(=O)cc(-c3ccc(O)cc3)oc2c1OC. The Bertz CT molecular complexity index is 1520. The summed E-state index contributed by atoms with van der Waals surface area (Å²) in [6.45, 7) is -2.19. The molecule has 0 saturated carbocycles. The van der Waals surface area contributed by atoms with Crippen LogP contribution >= 0.6 is 0 Å². The molecule has 0 bridgehead atoms. The number of phenols is 2. The predicted molar refractivity (Wildman–Crippen MR) is 144 cm³/mol. The molecule has 8 N–H and O–H groups in total.